The molecule has 1 rings (SSSR count). The summed E-state index contributed by atoms with van der Waals surface area (Å²) >= 11 is 0. The molecule has 5 heteroatoms. The number of aliphatic hydroxyl groups is 1. The van der Waals surface area contributed by atoms with Crippen LogP contribution in [0.2, 0.25) is 0 Å². The summed E-state index contributed by atoms with van der Waals surface area (Å²) < 4.78 is 25.4. The first-order chi connectivity index (χ1) is 5.06. The van der Waals surface area contributed by atoms with Crippen molar-refractivity contribution in [2.45, 2.75) is 18.4 Å². The lowest BCUT2D eigenvalue weighted by molar-refractivity contribution is -0.156. The summed E-state index contributed by atoms with van der Waals surface area (Å²) in [6, 6.07) is 0. The summed E-state index contributed by atoms with van der Waals surface area (Å²) in [5.74, 6) is -2.97. The molecule has 1 heterocycles. The van der Waals surface area contributed by atoms with Gasteiger partial charge in [-0.05, 0) is 13.5 Å². The first-order valence-electron chi connectivity index (χ1n) is 3.54. The van der Waals surface area contributed by atoms with Gasteiger partial charge < -0.3 is 5.11 Å². The van der Waals surface area contributed by atoms with E-state index in [9.17, 15) is 8.78 Å². The molecule has 3 nitrogen and oxygen atoms in total. The van der Waals surface area contributed by atoms with Crippen LogP contribution in [0.1, 0.15) is 6.42 Å². The average molecular weight is 166 g/mol. The van der Waals surface area contributed by atoms with Gasteiger partial charge in [-0.15, -0.1) is 0 Å². The zero-order chi connectivity index (χ0) is 8.48. The Hall–Kier alpha value is -0.260. The second-order valence-electron chi connectivity index (χ2n) is 2.71. The minimum absolute atomic E-state index is 0.119. The van der Waals surface area contributed by atoms with Gasteiger partial charge in [0, 0.05) is 6.54 Å². The largest absolute Gasteiger partial charge is 0.387 e. The van der Waals surface area contributed by atoms with Gasteiger partial charge >= 0.3 is 0 Å². The molecule has 0 aromatic rings. The van der Waals surface area contributed by atoms with Gasteiger partial charge in [0.15, 0.2) is 0 Å². The highest BCUT2D eigenvalue weighted by molar-refractivity contribution is 4.84. The van der Waals surface area contributed by atoms with Gasteiger partial charge in [-0.1, -0.05) is 0 Å². The van der Waals surface area contributed by atoms with Crippen LogP contribution in [0.5, 0.6) is 0 Å². The monoisotopic (exact) mass is 166 g/mol. The van der Waals surface area contributed by atoms with Crippen molar-refractivity contribution in [1.82, 2.24) is 10.4 Å². The highest BCUT2D eigenvalue weighted by Gasteiger charge is 2.43. The van der Waals surface area contributed by atoms with E-state index in [0.29, 0.717) is 6.54 Å². The Bertz CT molecular complexity index is 143. The fraction of sp³-hybridized carbons (Fsp3) is 1.00. The molecule has 0 aliphatic carbocycles. The smallest absolute Gasteiger partial charge is 0.287 e. The number of rotatable bonds is 1. The number of halogens is 2. The van der Waals surface area contributed by atoms with Crippen LogP contribution in [0.25, 0.3) is 0 Å². The maximum atomic E-state index is 12.7. The van der Waals surface area contributed by atoms with E-state index < -0.39 is 18.6 Å². The van der Waals surface area contributed by atoms with Gasteiger partial charge in [-0.2, -0.15) is 0 Å². The van der Waals surface area contributed by atoms with Crippen molar-refractivity contribution >= 4 is 0 Å². The Kier molecular flexibility index (Phi) is 2.41. The Balaban J connectivity index is 2.52. The van der Waals surface area contributed by atoms with Crippen molar-refractivity contribution in [3.63, 3.8) is 0 Å². The number of nitrogens with zero attached hydrogens (tertiary/aromatic N) is 1. The molecule has 1 atom stereocenters. The molecule has 0 aromatic heterocycles. The van der Waals surface area contributed by atoms with Gasteiger partial charge in [0.05, 0.1) is 6.54 Å². The van der Waals surface area contributed by atoms with E-state index in [1.54, 1.807) is 7.05 Å². The van der Waals surface area contributed by atoms with E-state index in [1.807, 2.05) is 0 Å². The number of alkyl halides is 2. The van der Waals surface area contributed by atoms with Crippen LogP contribution >= 0.6 is 0 Å². The van der Waals surface area contributed by atoms with Gasteiger partial charge in [0.2, 0.25) is 0 Å². The Labute approximate surface area is 64.0 Å². The third kappa shape index (κ3) is 1.85. The molecule has 66 valence electrons. The average Bonchev–Trinajstić information content (AvgIpc) is 1.95. The van der Waals surface area contributed by atoms with E-state index in [-0.39, 0.29) is 6.42 Å². The lowest BCUT2D eigenvalue weighted by Gasteiger charge is -2.34. The Morgan fingerprint density at radius 2 is 2.27 bits per heavy atom. The number of aliphatic hydroxyl groups excluding tert-OH is 1. The summed E-state index contributed by atoms with van der Waals surface area (Å²) in [6.45, 7) is 0.0535. The Morgan fingerprint density at radius 3 is 2.73 bits per heavy atom. The summed E-state index contributed by atoms with van der Waals surface area (Å²) in [5.41, 5.74) is 2.62. The molecule has 0 aromatic carbocycles. The second-order valence-corrected chi connectivity index (χ2v) is 2.71. The van der Waals surface area contributed by atoms with Gasteiger partial charge in [-0.25, -0.2) is 13.8 Å². The molecule has 11 heavy (non-hydrogen) atoms. The van der Waals surface area contributed by atoms with Crippen molar-refractivity contribution in [2.24, 2.45) is 0 Å². The Morgan fingerprint density at radius 1 is 1.64 bits per heavy atom. The quantitative estimate of drug-likeness (QED) is 0.567. The molecule has 1 fully saturated rings. The molecule has 0 spiro atoms. The zero-order valence-corrected chi connectivity index (χ0v) is 6.35. The number of hydrogen-bond acceptors (Lipinski definition) is 3. The molecular weight excluding hydrogens is 154 g/mol. The highest BCUT2D eigenvalue weighted by Crippen LogP contribution is 2.25. The van der Waals surface area contributed by atoms with E-state index in [0.717, 1.165) is 0 Å². The third-order valence-electron chi connectivity index (χ3n) is 1.88. The standard InChI is InChI=1S/C6H12F2N2O/c1-9-10-3-2-5(11)6(7,8)4-10/h5,9,11H,2-4H2,1H3. The summed E-state index contributed by atoms with van der Waals surface area (Å²) in [4.78, 5) is 0. The van der Waals surface area contributed by atoms with Crippen LogP contribution in [-0.2, 0) is 0 Å². The van der Waals surface area contributed by atoms with Crippen molar-refractivity contribution in [3.8, 4) is 0 Å². The van der Waals surface area contributed by atoms with Crippen molar-refractivity contribution < 1.29 is 13.9 Å². The normalized spacial score (nSPS) is 32.2. The minimum atomic E-state index is -2.97. The van der Waals surface area contributed by atoms with Crippen LogP contribution < -0.4 is 5.43 Å². The van der Waals surface area contributed by atoms with Crippen molar-refractivity contribution in [1.29, 1.82) is 0 Å². The van der Waals surface area contributed by atoms with Crippen LogP contribution in [0.4, 0.5) is 8.78 Å². The predicted octanol–water partition coefficient (Wildman–Crippen LogP) is -0.177. The second kappa shape index (κ2) is 3.00. The van der Waals surface area contributed by atoms with E-state index in [2.05, 4.69) is 5.43 Å². The van der Waals surface area contributed by atoms with Gasteiger partial charge in [0.1, 0.15) is 6.10 Å². The third-order valence-corrected chi connectivity index (χ3v) is 1.88. The molecule has 0 saturated carbocycles. The first kappa shape index (κ1) is 8.83. The van der Waals surface area contributed by atoms with Gasteiger partial charge in [-0.3, -0.25) is 5.43 Å². The van der Waals surface area contributed by atoms with Crippen LogP contribution in [0, 0.1) is 0 Å². The van der Waals surface area contributed by atoms with Crippen molar-refractivity contribution in [3.05, 3.63) is 0 Å². The van der Waals surface area contributed by atoms with Gasteiger partial charge in [0.25, 0.3) is 5.92 Å². The molecule has 1 aliphatic heterocycles. The van der Waals surface area contributed by atoms with Crippen LogP contribution in [-0.4, -0.2) is 42.3 Å². The topological polar surface area (TPSA) is 35.5 Å². The lowest BCUT2D eigenvalue weighted by Crippen LogP contribution is -2.54. The van der Waals surface area contributed by atoms with E-state index in [1.165, 1.54) is 5.01 Å². The summed E-state index contributed by atoms with van der Waals surface area (Å²) in [6.07, 6.45) is -1.36. The minimum Gasteiger partial charge on any atom is -0.387 e. The SMILES string of the molecule is CNN1CCC(O)C(F)(F)C1. The van der Waals surface area contributed by atoms with E-state index >= 15 is 0 Å². The molecule has 2 N–H and O–H groups in total. The molecule has 0 amide bonds. The highest BCUT2D eigenvalue weighted by atomic mass is 19.3. The summed E-state index contributed by atoms with van der Waals surface area (Å²) in [5, 5.41) is 10.2. The lowest BCUT2D eigenvalue weighted by atomic mass is 10.1. The number of piperidine rings is 1. The molecule has 1 aliphatic rings. The van der Waals surface area contributed by atoms with Crippen LogP contribution in [0.15, 0.2) is 0 Å². The zero-order valence-electron chi connectivity index (χ0n) is 6.35. The van der Waals surface area contributed by atoms with E-state index in [4.69, 9.17) is 5.11 Å². The maximum absolute atomic E-state index is 12.7. The number of hydrazine groups is 1. The first-order valence-corrected chi connectivity index (χ1v) is 3.54. The maximum Gasteiger partial charge on any atom is 0.287 e. The summed E-state index contributed by atoms with van der Waals surface area (Å²) in [7, 11) is 1.59. The number of nitrogens with one attached hydrogen (secondary N) is 1. The molecule has 0 radical (unpaired) electrons. The predicted molar refractivity (Wildman–Crippen MR) is 36.2 cm³/mol. The fourth-order valence-corrected chi connectivity index (χ4v) is 1.12. The fourth-order valence-electron chi connectivity index (χ4n) is 1.12. The number of hydrogen-bond donors (Lipinski definition) is 2. The molecule has 0 bridgehead atoms. The molecular formula is C6H12F2N2O. The van der Waals surface area contributed by atoms with Crippen LogP contribution in [0.3, 0.4) is 0 Å². The molecule has 1 unspecified atom stereocenters. The van der Waals surface area contributed by atoms with Crippen molar-refractivity contribution in [2.75, 3.05) is 20.1 Å². The molecule has 1 saturated heterocycles.